The number of hydrogen-bond donors (Lipinski definition) is 1. The van der Waals surface area contributed by atoms with Gasteiger partial charge in [-0.15, -0.1) is 0 Å². The van der Waals surface area contributed by atoms with Gasteiger partial charge >= 0.3 is 0 Å². The van der Waals surface area contributed by atoms with Gasteiger partial charge in [-0.1, -0.05) is 6.42 Å². The Balaban J connectivity index is 1.43. The topological polar surface area (TPSA) is 27.7 Å². The van der Waals surface area contributed by atoms with E-state index in [2.05, 4.69) is 22.2 Å². The maximum atomic E-state index is 5.36. The van der Waals surface area contributed by atoms with E-state index >= 15 is 0 Å². The molecule has 4 heteroatoms. The molecule has 0 saturated carbocycles. The highest BCUT2D eigenvalue weighted by atomic mass is 16.5. The van der Waals surface area contributed by atoms with Gasteiger partial charge in [0.1, 0.15) is 0 Å². The largest absolute Gasteiger partial charge is 0.379 e. The quantitative estimate of drug-likeness (QED) is 0.702. The average Bonchev–Trinajstić information content (AvgIpc) is 2.45. The number of morpholine rings is 1. The number of ether oxygens (including phenoxy) is 1. The lowest BCUT2D eigenvalue weighted by Gasteiger charge is -2.32. The van der Waals surface area contributed by atoms with Gasteiger partial charge in [0.05, 0.1) is 13.2 Å². The molecule has 2 heterocycles. The van der Waals surface area contributed by atoms with E-state index in [1.165, 1.54) is 51.7 Å². The van der Waals surface area contributed by atoms with E-state index in [9.17, 15) is 0 Å². The summed E-state index contributed by atoms with van der Waals surface area (Å²) >= 11 is 0. The lowest BCUT2D eigenvalue weighted by atomic mass is 10.0. The van der Waals surface area contributed by atoms with Crippen LogP contribution in [0.4, 0.5) is 0 Å². The first-order valence-electron chi connectivity index (χ1n) is 8.07. The molecule has 0 bridgehead atoms. The summed E-state index contributed by atoms with van der Waals surface area (Å²) in [4.78, 5) is 5.05. The van der Waals surface area contributed by atoms with Gasteiger partial charge in [0.2, 0.25) is 0 Å². The van der Waals surface area contributed by atoms with Crippen molar-refractivity contribution in [3.63, 3.8) is 0 Å². The van der Waals surface area contributed by atoms with Crippen LogP contribution in [0.1, 0.15) is 32.1 Å². The summed E-state index contributed by atoms with van der Waals surface area (Å²) in [7, 11) is 2.28. The van der Waals surface area contributed by atoms with Crippen LogP contribution in [0.25, 0.3) is 0 Å². The monoisotopic (exact) mass is 269 g/mol. The first kappa shape index (κ1) is 15.2. The molecule has 0 aromatic rings. The van der Waals surface area contributed by atoms with Gasteiger partial charge in [-0.25, -0.2) is 0 Å². The van der Waals surface area contributed by atoms with E-state index in [-0.39, 0.29) is 0 Å². The van der Waals surface area contributed by atoms with Gasteiger partial charge in [0.15, 0.2) is 0 Å². The fourth-order valence-corrected chi connectivity index (χ4v) is 3.15. The second kappa shape index (κ2) is 8.90. The van der Waals surface area contributed by atoms with Crippen LogP contribution in [0.2, 0.25) is 0 Å². The zero-order valence-corrected chi connectivity index (χ0v) is 12.6. The van der Waals surface area contributed by atoms with Crippen molar-refractivity contribution in [1.29, 1.82) is 0 Å². The molecule has 4 nitrogen and oxygen atoms in total. The fraction of sp³-hybridized carbons (Fsp3) is 1.00. The number of hydrogen-bond acceptors (Lipinski definition) is 4. The molecular weight excluding hydrogens is 238 g/mol. The predicted octanol–water partition coefficient (Wildman–Crippen LogP) is 1.17. The smallest absolute Gasteiger partial charge is 0.0594 e. The molecule has 0 aromatic carbocycles. The molecular formula is C15H31N3O. The van der Waals surface area contributed by atoms with E-state index in [4.69, 9.17) is 4.74 Å². The summed E-state index contributed by atoms with van der Waals surface area (Å²) in [6.07, 6.45) is 6.78. The van der Waals surface area contributed by atoms with Gasteiger partial charge in [0, 0.05) is 19.1 Å². The van der Waals surface area contributed by atoms with Crippen molar-refractivity contribution in [1.82, 2.24) is 15.1 Å². The van der Waals surface area contributed by atoms with Crippen molar-refractivity contribution in [2.75, 3.05) is 59.5 Å². The molecule has 0 aliphatic carbocycles. The van der Waals surface area contributed by atoms with E-state index < -0.39 is 0 Å². The van der Waals surface area contributed by atoms with Crippen LogP contribution in [0.15, 0.2) is 0 Å². The van der Waals surface area contributed by atoms with Crippen LogP contribution < -0.4 is 5.32 Å². The molecule has 0 aromatic heterocycles. The van der Waals surface area contributed by atoms with Crippen molar-refractivity contribution in [2.45, 2.75) is 38.1 Å². The number of likely N-dealkylation sites (tertiary alicyclic amines) is 1. The number of rotatable bonds is 7. The molecule has 2 rings (SSSR count). The maximum Gasteiger partial charge on any atom is 0.0594 e. The Labute approximate surface area is 118 Å². The van der Waals surface area contributed by atoms with Crippen LogP contribution in [0.5, 0.6) is 0 Å². The van der Waals surface area contributed by atoms with Crippen molar-refractivity contribution in [2.24, 2.45) is 0 Å². The molecule has 112 valence electrons. The van der Waals surface area contributed by atoms with Crippen molar-refractivity contribution in [3.05, 3.63) is 0 Å². The number of nitrogens with one attached hydrogen (secondary N) is 1. The lowest BCUT2D eigenvalue weighted by molar-refractivity contribution is 0.0374. The average molecular weight is 269 g/mol. The van der Waals surface area contributed by atoms with Crippen molar-refractivity contribution < 1.29 is 4.74 Å². The van der Waals surface area contributed by atoms with Crippen LogP contribution in [0.3, 0.4) is 0 Å². The Bertz CT molecular complexity index is 231. The van der Waals surface area contributed by atoms with E-state index in [1.807, 2.05) is 0 Å². The molecule has 2 saturated heterocycles. The molecule has 19 heavy (non-hydrogen) atoms. The summed E-state index contributed by atoms with van der Waals surface area (Å²) in [6.45, 7) is 8.93. The number of nitrogens with zero attached hydrogens (tertiary/aromatic N) is 2. The Morgan fingerprint density at radius 1 is 1.11 bits per heavy atom. The van der Waals surface area contributed by atoms with Gasteiger partial charge in [-0.2, -0.15) is 0 Å². The Morgan fingerprint density at radius 3 is 2.74 bits per heavy atom. The number of piperidine rings is 1. The van der Waals surface area contributed by atoms with Crippen molar-refractivity contribution >= 4 is 0 Å². The van der Waals surface area contributed by atoms with Crippen LogP contribution in [0, 0.1) is 0 Å². The highest BCUT2D eigenvalue weighted by Gasteiger charge is 2.17. The van der Waals surface area contributed by atoms with Crippen molar-refractivity contribution in [3.8, 4) is 0 Å². The first-order chi connectivity index (χ1) is 9.36. The Morgan fingerprint density at radius 2 is 1.95 bits per heavy atom. The predicted molar refractivity (Wildman–Crippen MR) is 79.6 cm³/mol. The fourth-order valence-electron chi connectivity index (χ4n) is 3.15. The lowest BCUT2D eigenvalue weighted by Crippen LogP contribution is -2.39. The zero-order valence-electron chi connectivity index (χ0n) is 12.6. The second-order valence-corrected chi connectivity index (χ2v) is 5.98. The summed E-state index contributed by atoms with van der Waals surface area (Å²) < 4.78 is 5.36. The molecule has 0 amide bonds. The van der Waals surface area contributed by atoms with Crippen LogP contribution >= 0.6 is 0 Å². The molecule has 1 N–H and O–H groups in total. The standard InChI is InChI=1S/C15H31N3O/c1-17-9-3-2-5-15(17)6-8-16-7-4-10-18-11-13-19-14-12-18/h15-16H,2-14H2,1H3. The van der Waals surface area contributed by atoms with Crippen LogP contribution in [-0.4, -0.2) is 75.4 Å². The minimum absolute atomic E-state index is 0.820. The highest BCUT2D eigenvalue weighted by Crippen LogP contribution is 2.16. The molecule has 2 fully saturated rings. The van der Waals surface area contributed by atoms with Gasteiger partial charge in [0.25, 0.3) is 0 Å². The van der Waals surface area contributed by atoms with Gasteiger partial charge in [-0.3, -0.25) is 4.90 Å². The normalized spacial score (nSPS) is 26.7. The Hall–Kier alpha value is -0.160. The molecule has 1 atom stereocenters. The molecule has 2 aliphatic heterocycles. The molecule has 1 unspecified atom stereocenters. The molecule has 0 spiro atoms. The third-order valence-corrected chi connectivity index (χ3v) is 4.51. The zero-order chi connectivity index (χ0) is 13.3. The van der Waals surface area contributed by atoms with Gasteiger partial charge in [-0.05, 0) is 58.9 Å². The minimum atomic E-state index is 0.820. The molecule has 0 radical (unpaired) electrons. The second-order valence-electron chi connectivity index (χ2n) is 5.98. The summed E-state index contributed by atoms with van der Waals surface area (Å²) in [6, 6.07) is 0.820. The molecule has 2 aliphatic rings. The summed E-state index contributed by atoms with van der Waals surface area (Å²) in [5, 5.41) is 3.61. The summed E-state index contributed by atoms with van der Waals surface area (Å²) in [5.74, 6) is 0. The summed E-state index contributed by atoms with van der Waals surface area (Å²) in [5.41, 5.74) is 0. The van der Waals surface area contributed by atoms with E-state index in [0.29, 0.717) is 0 Å². The third-order valence-electron chi connectivity index (χ3n) is 4.51. The highest BCUT2D eigenvalue weighted by molar-refractivity contribution is 4.74. The van der Waals surface area contributed by atoms with Gasteiger partial charge < -0.3 is 15.0 Å². The Kier molecular flexibility index (Phi) is 7.14. The van der Waals surface area contributed by atoms with E-state index in [1.54, 1.807) is 0 Å². The SMILES string of the molecule is CN1CCCCC1CCNCCCN1CCOCC1. The third kappa shape index (κ3) is 5.78. The minimum Gasteiger partial charge on any atom is -0.379 e. The first-order valence-corrected chi connectivity index (χ1v) is 8.07. The van der Waals surface area contributed by atoms with Crippen LogP contribution in [-0.2, 0) is 4.74 Å². The van der Waals surface area contributed by atoms with E-state index in [0.717, 1.165) is 38.9 Å². The maximum absolute atomic E-state index is 5.36.